The van der Waals surface area contributed by atoms with Gasteiger partial charge in [0, 0.05) is 18.5 Å². The summed E-state index contributed by atoms with van der Waals surface area (Å²) >= 11 is 3.64. The summed E-state index contributed by atoms with van der Waals surface area (Å²) in [5.41, 5.74) is 7.66. The summed E-state index contributed by atoms with van der Waals surface area (Å²) in [7, 11) is 0. The summed E-state index contributed by atoms with van der Waals surface area (Å²) in [6.07, 6.45) is 5.51. The molecule has 1 fully saturated rings. The third kappa shape index (κ3) is 2.64. The Balaban J connectivity index is 2.26. The van der Waals surface area contributed by atoms with Gasteiger partial charge in [0.15, 0.2) is 0 Å². The van der Waals surface area contributed by atoms with E-state index in [9.17, 15) is 0 Å². The fourth-order valence-electron chi connectivity index (χ4n) is 3.14. The lowest BCUT2D eigenvalue weighted by molar-refractivity contribution is 0.226. The van der Waals surface area contributed by atoms with Crippen LogP contribution in [-0.4, -0.2) is 15.8 Å². The van der Waals surface area contributed by atoms with Crippen LogP contribution in [0.1, 0.15) is 51.6 Å². The highest BCUT2D eigenvalue weighted by molar-refractivity contribution is 9.10. The molecule has 0 radical (unpaired) electrons. The van der Waals surface area contributed by atoms with E-state index in [1.807, 2.05) is 6.20 Å². The summed E-state index contributed by atoms with van der Waals surface area (Å²) in [5.74, 6) is 1.99. The number of aryl methyl sites for hydroxylation is 1. The number of nitrogens with zero attached hydrogens (tertiary/aromatic N) is 2. The zero-order chi connectivity index (χ0) is 13.3. The molecule has 3 nitrogen and oxygen atoms in total. The van der Waals surface area contributed by atoms with Crippen LogP contribution in [0.15, 0.2) is 10.7 Å². The van der Waals surface area contributed by atoms with Crippen molar-refractivity contribution in [3.8, 4) is 0 Å². The topological polar surface area (TPSA) is 43.8 Å². The van der Waals surface area contributed by atoms with Crippen LogP contribution in [0.4, 0.5) is 0 Å². The first-order chi connectivity index (χ1) is 8.54. The molecule has 3 unspecified atom stereocenters. The van der Waals surface area contributed by atoms with Crippen molar-refractivity contribution in [3.63, 3.8) is 0 Å². The van der Waals surface area contributed by atoms with Gasteiger partial charge in [-0.2, -0.15) is 5.10 Å². The van der Waals surface area contributed by atoms with Crippen molar-refractivity contribution in [2.75, 3.05) is 0 Å². The smallest absolute Gasteiger partial charge is 0.0635 e. The van der Waals surface area contributed by atoms with Gasteiger partial charge in [-0.15, -0.1) is 0 Å². The summed E-state index contributed by atoms with van der Waals surface area (Å²) in [6, 6.07) is 0.276. The van der Waals surface area contributed by atoms with Gasteiger partial charge < -0.3 is 5.73 Å². The lowest BCUT2D eigenvalue weighted by atomic mass is 9.73. The molecule has 0 bridgehead atoms. The minimum absolute atomic E-state index is 0.276. The van der Waals surface area contributed by atoms with Gasteiger partial charge in [0.1, 0.15) is 0 Å². The molecule has 1 saturated carbocycles. The molecule has 1 aromatic heterocycles. The van der Waals surface area contributed by atoms with Gasteiger partial charge in [0.05, 0.1) is 16.4 Å². The van der Waals surface area contributed by atoms with Crippen LogP contribution in [-0.2, 0) is 6.54 Å². The van der Waals surface area contributed by atoms with Gasteiger partial charge in [-0.05, 0) is 54.0 Å². The number of rotatable bonds is 3. The number of halogens is 1. The zero-order valence-corrected chi connectivity index (χ0v) is 13.2. The van der Waals surface area contributed by atoms with Crippen LogP contribution in [0.3, 0.4) is 0 Å². The largest absolute Gasteiger partial charge is 0.327 e. The van der Waals surface area contributed by atoms with Crippen LogP contribution in [0, 0.1) is 11.8 Å². The third-order valence-corrected chi connectivity index (χ3v) is 4.98. The SMILES string of the molecule is CCn1ncc(Br)c1C1CC(C(C)C)CCC1N. The molecule has 18 heavy (non-hydrogen) atoms. The molecule has 1 aromatic rings. The van der Waals surface area contributed by atoms with E-state index in [0.29, 0.717) is 5.92 Å². The zero-order valence-electron chi connectivity index (χ0n) is 11.6. The van der Waals surface area contributed by atoms with Crippen molar-refractivity contribution in [2.45, 2.75) is 58.5 Å². The first kappa shape index (κ1) is 14.1. The maximum absolute atomic E-state index is 6.36. The second kappa shape index (κ2) is 5.74. The fourth-order valence-corrected chi connectivity index (χ4v) is 3.73. The van der Waals surface area contributed by atoms with E-state index in [1.54, 1.807) is 0 Å². The Morgan fingerprint density at radius 1 is 1.50 bits per heavy atom. The fraction of sp³-hybridized carbons (Fsp3) is 0.786. The molecule has 2 rings (SSSR count). The lowest BCUT2D eigenvalue weighted by Crippen LogP contribution is -2.37. The minimum atomic E-state index is 0.276. The second-order valence-corrected chi connectivity index (χ2v) is 6.64. The molecule has 3 atom stereocenters. The molecule has 1 aliphatic rings. The predicted octanol–water partition coefficient (Wildman–Crippen LogP) is 3.53. The van der Waals surface area contributed by atoms with Gasteiger partial charge >= 0.3 is 0 Å². The molecule has 0 aliphatic heterocycles. The maximum atomic E-state index is 6.36. The Hall–Kier alpha value is -0.350. The van der Waals surface area contributed by atoms with Gasteiger partial charge in [0.2, 0.25) is 0 Å². The first-order valence-corrected chi connectivity index (χ1v) is 7.80. The molecule has 0 aromatic carbocycles. The molecule has 0 amide bonds. The molecular formula is C14H24BrN3. The van der Waals surface area contributed by atoms with Crippen molar-refractivity contribution < 1.29 is 0 Å². The van der Waals surface area contributed by atoms with Gasteiger partial charge in [-0.1, -0.05) is 13.8 Å². The molecule has 0 saturated heterocycles. The van der Waals surface area contributed by atoms with E-state index in [0.717, 1.165) is 29.3 Å². The summed E-state index contributed by atoms with van der Waals surface area (Å²) in [4.78, 5) is 0. The highest BCUT2D eigenvalue weighted by Gasteiger charge is 2.33. The van der Waals surface area contributed by atoms with E-state index < -0.39 is 0 Å². The number of hydrogen-bond acceptors (Lipinski definition) is 2. The summed E-state index contributed by atoms with van der Waals surface area (Å²) in [5, 5.41) is 4.43. The number of aromatic nitrogens is 2. The van der Waals surface area contributed by atoms with Gasteiger partial charge in [-0.25, -0.2) is 0 Å². The molecule has 0 spiro atoms. The second-order valence-electron chi connectivity index (χ2n) is 5.78. The van der Waals surface area contributed by atoms with E-state index in [2.05, 4.69) is 46.5 Å². The van der Waals surface area contributed by atoms with Crippen LogP contribution in [0.5, 0.6) is 0 Å². The number of nitrogens with two attached hydrogens (primary N) is 1. The molecular weight excluding hydrogens is 290 g/mol. The van der Waals surface area contributed by atoms with Crippen LogP contribution in [0.2, 0.25) is 0 Å². The first-order valence-electron chi connectivity index (χ1n) is 7.01. The van der Waals surface area contributed by atoms with Crippen LogP contribution in [0.25, 0.3) is 0 Å². The summed E-state index contributed by atoms with van der Waals surface area (Å²) in [6.45, 7) is 7.70. The monoisotopic (exact) mass is 313 g/mol. The molecule has 4 heteroatoms. The Morgan fingerprint density at radius 2 is 2.22 bits per heavy atom. The van der Waals surface area contributed by atoms with Crippen LogP contribution >= 0.6 is 15.9 Å². The van der Waals surface area contributed by atoms with E-state index in [1.165, 1.54) is 18.5 Å². The van der Waals surface area contributed by atoms with Crippen molar-refractivity contribution in [1.82, 2.24) is 9.78 Å². The molecule has 1 heterocycles. The maximum Gasteiger partial charge on any atom is 0.0635 e. The minimum Gasteiger partial charge on any atom is -0.327 e. The van der Waals surface area contributed by atoms with Crippen molar-refractivity contribution >= 4 is 15.9 Å². The normalized spacial score (nSPS) is 28.9. The Kier molecular flexibility index (Phi) is 4.49. The Labute approximate surface area is 118 Å². The van der Waals surface area contributed by atoms with Crippen molar-refractivity contribution in [3.05, 3.63) is 16.4 Å². The Bertz CT molecular complexity index is 400. The van der Waals surface area contributed by atoms with Crippen molar-refractivity contribution in [2.24, 2.45) is 17.6 Å². The van der Waals surface area contributed by atoms with E-state index >= 15 is 0 Å². The Morgan fingerprint density at radius 3 is 2.83 bits per heavy atom. The molecule has 102 valence electrons. The van der Waals surface area contributed by atoms with Gasteiger partial charge in [0.25, 0.3) is 0 Å². The average Bonchev–Trinajstić information content (AvgIpc) is 2.71. The van der Waals surface area contributed by atoms with Crippen LogP contribution < -0.4 is 5.73 Å². The average molecular weight is 314 g/mol. The number of hydrogen-bond donors (Lipinski definition) is 1. The summed E-state index contributed by atoms with van der Waals surface area (Å²) < 4.78 is 3.21. The standard InChI is InChI=1S/C14H24BrN3/c1-4-18-14(12(15)8-17-18)11-7-10(9(2)3)5-6-13(11)16/h8-11,13H,4-7,16H2,1-3H3. The lowest BCUT2D eigenvalue weighted by Gasteiger charge is -2.36. The van der Waals surface area contributed by atoms with Gasteiger partial charge in [-0.3, -0.25) is 4.68 Å². The predicted molar refractivity (Wildman–Crippen MR) is 78.5 cm³/mol. The van der Waals surface area contributed by atoms with Crippen molar-refractivity contribution in [1.29, 1.82) is 0 Å². The third-order valence-electron chi connectivity index (χ3n) is 4.37. The van der Waals surface area contributed by atoms with E-state index in [-0.39, 0.29) is 6.04 Å². The molecule has 2 N–H and O–H groups in total. The molecule has 1 aliphatic carbocycles. The highest BCUT2D eigenvalue weighted by atomic mass is 79.9. The quantitative estimate of drug-likeness (QED) is 0.927. The van der Waals surface area contributed by atoms with E-state index in [4.69, 9.17) is 5.73 Å². The highest BCUT2D eigenvalue weighted by Crippen LogP contribution is 2.40.